The molecule has 17 nitrogen and oxygen atoms in total. The monoisotopic (exact) mass is 1260 g/mol. The molecule has 0 spiro atoms. The van der Waals surface area contributed by atoms with E-state index in [0.29, 0.717) is 77.9 Å². The van der Waals surface area contributed by atoms with E-state index in [1.165, 1.54) is 14.0 Å². The predicted molar refractivity (Wildman–Crippen MR) is 319 cm³/mol. The average molecular weight is 1260 g/mol. The molecule has 7 atom stereocenters. The fraction of sp³-hybridized carbons (Fsp3) is 0.968. The van der Waals surface area contributed by atoms with Crippen molar-refractivity contribution in [3.8, 4) is 0 Å². The maximum atomic E-state index is 16.6. The Balaban J connectivity index is 4.30. The zero-order chi connectivity index (χ0) is 66.2. The molecular weight excluding hydrogens is 1140 g/mol. The van der Waals surface area contributed by atoms with Gasteiger partial charge in [-0.15, -0.1) is 0 Å². The van der Waals surface area contributed by atoms with Crippen LogP contribution in [0.5, 0.6) is 0 Å². The van der Waals surface area contributed by atoms with Crippen molar-refractivity contribution in [2.45, 2.75) is 203 Å². The van der Waals surface area contributed by atoms with Crippen molar-refractivity contribution in [1.82, 2.24) is 10.6 Å². The number of carbonyl (C=O) groups excluding carboxylic acids is 2. The van der Waals surface area contributed by atoms with E-state index >= 15 is 4.79 Å². The van der Waals surface area contributed by atoms with Crippen LogP contribution in [0, 0.1) is 37.9 Å². The number of hydrogen-bond acceptors (Lipinski definition) is 15. The van der Waals surface area contributed by atoms with Crippen LogP contribution in [0.3, 0.4) is 0 Å². The molecule has 1 fully saturated rings. The van der Waals surface area contributed by atoms with Gasteiger partial charge in [-0.25, -0.2) is 0 Å². The van der Waals surface area contributed by atoms with Crippen molar-refractivity contribution < 1.29 is 97.5 Å². The maximum Gasteiger partial charge on any atom is 0.411 e. The first-order valence-corrected chi connectivity index (χ1v) is 30.4. The third-order valence-electron chi connectivity index (χ3n) is 17.5. The normalized spacial score (nSPS) is 21.0. The summed E-state index contributed by atoms with van der Waals surface area (Å²) in [6.07, 6.45) is -4.30. The fourth-order valence-electron chi connectivity index (χ4n) is 12.1. The molecule has 0 radical (unpaired) electrons. The minimum atomic E-state index is -4.66. The highest BCUT2D eigenvalue weighted by Gasteiger charge is 2.72. The summed E-state index contributed by atoms with van der Waals surface area (Å²) in [5.41, 5.74) is -12.2. The summed E-state index contributed by atoms with van der Waals surface area (Å²) in [6, 6.07) is -0.414. The maximum absolute atomic E-state index is 16.6. The van der Waals surface area contributed by atoms with Crippen LogP contribution in [0.2, 0.25) is 0 Å². The van der Waals surface area contributed by atoms with E-state index < -0.39 is 99.0 Å². The Hall–Kier alpha value is -2.00. The highest BCUT2D eigenvalue weighted by atomic mass is 19.4. The Morgan fingerprint density at radius 2 is 0.907 bits per heavy atom. The minimum absolute atomic E-state index is 0.00651. The number of amides is 2. The van der Waals surface area contributed by atoms with Crippen LogP contribution in [-0.2, 0) is 71.2 Å². The third-order valence-corrected chi connectivity index (χ3v) is 17.5. The van der Waals surface area contributed by atoms with Gasteiger partial charge in [0, 0.05) is 103 Å². The molecule has 0 aromatic rings. The molecule has 2 amide bonds. The van der Waals surface area contributed by atoms with Gasteiger partial charge < -0.3 is 72.2 Å². The van der Waals surface area contributed by atoms with Crippen LogP contribution in [0.25, 0.3) is 0 Å². The van der Waals surface area contributed by atoms with Gasteiger partial charge in [0.1, 0.15) is 29.8 Å². The van der Waals surface area contributed by atoms with Crippen LogP contribution in [0.15, 0.2) is 0 Å². The number of rotatable bonds is 47. The number of nitrogens with one attached hydrogen (secondary N) is 2. The molecular formula is C63H118F6N2O15. The summed E-state index contributed by atoms with van der Waals surface area (Å²) in [6.45, 7) is 28.4. The molecule has 23 heteroatoms. The molecule has 1 saturated carbocycles. The largest absolute Gasteiger partial charge is 0.411 e. The molecule has 0 bridgehead atoms. The van der Waals surface area contributed by atoms with Crippen molar-refractivity contribution in [3.63, 3.8) is 0 Å². The zero-order valence-electron chi connectivity index (χ0n) is 56.9. The number of halogens is 6. The van der Waals surface area contributed by atoms with Gasteiger partial charge in [0.25, 0.3) is 0 Å². The third kappa shape index (κ3) is 26.3. The van der Waals surface area contributed by atoms with E-state index in [9.17, 15) is 31.1 Å². The van der Waals surface area contributed by atoms with E-state index in [1.54, 1.807) is 63.1 Å². The lowest BCUT2D eigenvalue weighted by atomic mass is 9.54. The topological polar surface area (TPSA) is 178 Å². The summed E-state index contributed by atoms with van der Waals surface area (Å²) in [5, 5.41) is 6.53. The Labute approximate surface area is 513 Å². The Morgan fingerprint density at radius 1 is 0.488 bits per heavy atom. The van der Waals surface area contributed by atoms with Gasteiger partial charge in [-0.1, -0.05) is 55.4 Å². The van der Waals surface area contributed by atoms with Gasteiger partial charge in [-0.3, -0.25) is 9.59 Å². The van der Waals surface area contributed by atoms with Gasteiger partial charge in [-0.2, -0.15) is 26.3 Å². The minimum Gasteiger partial charge on any atom is -0.385 e. The molecule has 0 heterocycles. The van der Waals surface area contributed by atoms with Crippen LogP contribution < -0.4 is 10.6 Å². The fourth-order valence-corrected chi connectivity index (χ4v) is 12.1. The van der Waals surface area contributed by atoms with Crippen LogP contribution in [0.1, 0.15) is 162 Å². The van der Waals surface area contributed by atoms with Crippen molar-refractivity contribution in [1.29, 1.82) is 0 Å². The first-order valence-electron chi connectivity index (χ1n) is 30.4. The number of unbranched alkanes of at least 4 members (excludes halogenated alkanes) is 2. The molecule has 0 aliphatic heterocycles. The Morgan fingerprint density at radius 3 is 1.33 bits per heavy atom. The second kappa shape index (κ2) is 35.2. The van der Waals surface area contributed by atoms with Gasteiger partial charge >= 0.3 is 12.4 Å². The molecule has 0 saturated heterocycles. The number of methoxy groups -OCH3 is 5. The highest BCUT2D eigenvalue weighted by Crippen LogP contribution is 2.57. The van der Waals surface area contributed by atoms with Crippen LogP contribution in [-0.4, -0.2) is 207 Å². The summed E-state index contributed by atoms with van der Waals surface area (Å²) >= 11 is 0. The quantitative estimate of drug-likeness (QED) is 0.0434. The van der Waals surface area contributed by atoms with Crippen molar-refractivity contribution in [2.24, 2.45) is 37.9 Å². The zero-order valence-corrected chi connectivity index (χ0v) is 56.9. The molecule has 1 rings (SSSR count). The molecule has 2 N–H and O–H groups in total. The lowest BCUT2D eigenvalue weighted by molar-refractivity contribution is -0.325. The standard InChI is InChI=1S/C63H118F6N2O15/c1-22-61(43-77-20,44-78-21)45-86-54(9,10)59(15,83-29-25-23-27-74-17)60(16,84-30-26-24-28-75-18)58(14,50(73)71-49-31-51(3,4)33-55(11,32-49)34-70-48(2)72)53(7,8)85-42-57(13,41-82-47-63(67,68)69)40-80-36-52(5,6)35-79-38-56(12,37-76-19)39-81-46-62(64,65)66/h49H,22-47H2,1-21H3,(H,70,72)(H,71,73). The van der Waals surface area contributed by atoms with Gasteiger partial charge in [-0.05, 0) is 111 Å². The number of hydrogen-bond donors (Lipinski definition) is 2. The summed E-state index contributed by atoms with van der Waals surface area (Å²) in [5.74, 6) is -0.610. The van der Waals surface area contributed by atoms with E-state index in [1.807, 2.05) is 48.5 Å². The molecule has 0 aromatic heterocycles. The lowest BCUT2D eigenvalue weighted by Gasteiger charge is -2.63. The Bertz CT molecular complexity index is 1940. The van der Waals surface area contributed by atoms with E-state index in [2.05, 4.69) is 31.4 Å². The Kier molecular flexibility index (Phi) is 33.5. The SMILES string of the molecule is CCC(COC)(COC)COC(C)(C)C(C)(OCCCCOC)C(C)(OCCCCOC)C(C)(C(=O)NC1CC(C)(C)CC(C)(CNC(C)=O)C1)C(C)(C)OCC(C)(COCC(F)(F)F)COCC(C)(C)COCC(C)(COC)COCC(F)(F)F. The smallest absolute Gasteiger partial charge is 0.385 e. The van der Waals surface area contributed by atoms with Crippen LogP contribution in [0.4, 0.5) is 26.3 Å². The predicted octanol–water partition coefficient (Wildman–Crippen LogP) is 11.4. The van der Waals surface area contributed by atoms with Gasteiger partial charge in [0.05, 0.1) is 83.9 Å². The van der Waals surface area contributed by atoms with E-state index in [0.717, 1.165) is 6.42 Å². The molecule has 512 valence electrons. The molecule has 7 unspecified atom stereocenters. The number of carbonyl (C=O) groups is 2. The second-order valence-electron chi connectivity index (χ2n) is 28.7. The van der Waals surface area contributed by atoms with Gasteiger partial charge in [0.2, 0.25) is 11.8 Å². The van der Waals surface area contributed by atoms with E-state index in [-0.39, 0.29) is 77.4 Å². The van der Waals surface area contributed by atoms with Crippen LogP contribution >= 0.6 is 0 Å². The molecule has 0 aromatic carbocycles. The van der Waals surface area contributed by atoms with Gasteiger partial charge in [0.15, 0.2) is 0 Å². The van der Waals surface area contributed by atoms with Crippen molar-refractivity contribution in [2.75, 3.05) is 154 Å². The number of ether oxygens (including phenoxy) is 13. The molecule has 1 aliphatic carbocycles. The average Bonchev–Trinajstić information content (AvgIpc) is 0.705. The molecule has 86 heavy (non-hydrogen) atoms. The van der Waals surface area contributed by atoms with Crippen molar-refractivity contribution >= 4 is 11.8 Å². The molecule has 1 aliphatic rings. The highest BCUT2D eigenvalue weighted by molar-refractivity contribution is 5.86. The first-order chi connectivity index (χ1) is 39.4. The van der Waals surface area contributed by atoms with E-state index in [4.69, 9.17) is 61.6 Å². The summed E-state index contributed by atoms with van der Waals surface area (Å²) in [7, 11) is 7.93. The van der Waals surface area contributed by atoms with Crippen molar-refractivity contribution in [3.05, 3.63) is 0 Å². The summed E-state index contributed by atoms with van der Waals surface area (Å²) < 4.78 is 160. The second-order valence-corrected chi connectivity index (χ2v) is 28.7. The first kappa shape index (κ1) is 82.0. The lowest BCUT2D eigenvalue weighted by Crippen LogP contribution is -2.78. The number of alkyl halides is 6. The summed E-state index contributed by atoms with van der Waals surface area (Å²) in [4.78, 5) is 28.9.